The van der Waals surface area contributed by atoms with Crippen LogP contribution in [-0.2, 0) is 4.74 Å². The fourth-order valence-electron chi connectivity index (χ4n) is 3.18. The second-order valence-electron chi connectivity index (χ2n) is 5.37. The molecule has 0 amide bonds. The Hall–Kier alpha value is -0.380. The number of aliphatic hydroxyl groups is 1. The Morgan fingerprint density at radius 1 is 1.44 bits per heavy atom. The minimum atomic E-state index is -0.357. The third-order valence-corrected chi connectivity index (χ3v) is 3.84. The molecular weight excluding hydrogens is 202 g/mol. The number of nitrogens with zero attached hydrogens (tertiary/aromatic N) is 1. The fraction of sp³-hybridized carbons (Fsp3) is 0.846. The molecule has 2 bridgehead atoms. The molecule has 0 aromatic heterocycles. The van der Waals surface area contributed by atoms with Crippen molar-refractivity contribution in [2.24, 2.45) is 17.8 Å². The van der Waals surface area contributed by atoms with Crippen molar-refractivity contribution in [1.82, 2.24) is 4.90 Å². The maximum Gasteiger partial charge on any atom is 0.0899 e. The molecule has 3 heteroatoms. The molecule has 4 atom stereocenters. The molecule has 0 saturated heterocycles. The van der Waals surface area contributed by atoms with Crippen LogP contribution in [0.15, 0.2) is 12.2 Å². The first-order valence-electron chi connectivity index (χ1n) is 6.23. The molecule has 16 heavy (non-hydrogen) atoms. The maximum absolute atomic E-state index is 9.64. The molecule has 2 rings (SSSR count). The van der Waals surface area contributed by atoms with Crippen LogP contribution in [-0.4, -0.2) is 50.0 Å². The second-order valence-corrected chi connectivity index (χ2v) is 5.37. The molecule has 92 valence electrons. The minimum Gasteiger partial charge on any atom is -0.389 e. The van der Waals surface area contributed by atoms with E-state index < -0.39 is 0 Å². The first-order valence-corrected chi connectivity index (χ1v) is 6.23. The molecule has 4 unspecified atom stereocenters. The van der Waals surface area contributed by atoms with Gasteiger partial charge in [-0.3, -0.25) is 0 Å². The molecule has 0 spiro atoms. The zero-order valence-corrected chi connectivity index (χ0v) is 10.3. The summed E-state index contributed by atoms with van der Waals surface area (Å²) in [7, 11) is 3.72. The van der Waals surface area contributed by atoms with Gasteiger partial charge in [0.15, 0.2) is 0 Å². The molecule has 2 aliphatic rings. The molecule has 1 fully saturated rings. The number of likely N-dealkylation sites (N-methyl/N-ethyl adjacent to an activating group) is 1. The van der Waals surface area contributed by atoms with Gasteiger partial charge < -0.3 is 14.7 Å². The van der Waals surface area contributed by atoms with E-state index in [0.29, 0.717) is 13.2 Å². The quantitative estimate of drug-likeness (QED) is 0.688. The summed E-state index contributed by atoms with van der Waals surface area (Å²) in [5.41, 5.74) is 0. The Morgan fingerprint density at radius 2 is 2.25 bits per heavy atom. The van der Waals surface area contributed by atoms with Gasteiger partial charge in [0.05, 0.1) is 12.7 Å². The van der Waals surface area contributed by atoms with Crippen LogP contribution < -0.4 is 0 Å². The van der Waals surface area contributed by atoms with Gasteiger partial charge >= 0.3 is 0 Å². The minimum absolute atomic E-state index is 0.357. The number of ether oxygens (including phenoxy) is 1. The molecule has 1 saturated carbocycles. The Morgan fingerprint density at radius 3 is 2.81 bits per heavy atom. The summed E-state index contributed by atoms with van der Waals surface area (Å²) in [5, 5.41) is 9.64. The summed E-state index contributed by atoms with van der Waals surface area (Å²) in [5.74, 6) is 2.44. The highest BCUT2D eigenvalue weighted by Gasteiger charge is 2.35. The third kappa shape index (κ3) is 2.84. The van der Waals surface area contributed by atoms with Gasteiger partial charge in [0.25, 0.3) is 0 Å². The van der Waals surface area contributed by atoms with E-state index in [1.54, 1.807) is 7.11 Å². The maximum atomic E-state index is 9.64. The highest BCUT2D eigenvalue weighted by Crippen LogP contribution is 2.43. The number of hydrogen-bond acceptors (Lipinski definition) is 3. The highest BCUT2D eigenvalue weighted by molar-refractivity contribution is 5.10. The smallest absolute Gasteiger partial charge is 0.0899 e. The van der Waals surface area contributed by atoms with Gasteiger partial charge in [-0.15, -0.1) is 0 Å². The van der Waals surface area contributed by atoms with Crippen LogP contribution in [0.2, 0.25) is 0 Å². The van der Waals surface area contributed by atoms with Crippen molar-refractivity contribution in [3.63, 3.8) is 0 Å². The van der Waals surface area contributed by atoms with E-state index in [4.69, 9.17) is 4.74 Å². The van der Waals surface area contributed by atoms with E-state index in [2.05, 4.69) is 24.1 Å². The number of fused-ring (bicyclic) bond motifs is 2. The van der Waals surface area contributed by atoms with Gasteiger partial charge in [-0.25, -0.2) is 0 Å². The predicted molar refractivity (Wildman–Crippen MR) is 64.2 cm³/mol. The van der Waals surface area contributed by atoms with Gasteiger partial charge in [-0.2, -0.15) is 0 Å². The predicted octanol–water partition coefficient (Wildman–Crippen LogP) is 1.14. The average molecular weight is 225 g/mol. The number of rotatable bonds is 6. The van der Waals surface area contributed by atoms with Crippen molar-refractivity contribution >= 4 is 0 Å². The highest BCUT2D eigenvalue weighted by atomic mass is 16.5. The average Bonchev–Trinajstić information content (AvgIpc) is 2.78. The molecule has 0 aromatic rings. The van der Waals surface area contributed by atoms with Crippen LogP contribution in [0, 0.1) is 17.8 Å². The molecule has 3 nitrogen and oxygen atoms in total. The van der Waals surface area contributed by atoms with Crippen LogP contribution in [0.1, 0.15) is 12.8 Å². The SMILES string of the molecule is COCC(O)CN(C)CC1CC2C=CC1C2. The molecule has 0 aromatic carbocycles. The van der Waals surface area contributed by atoms with Gasteiger partial charge in [-0.1, -0.05) is 12.2 Å². The first-order chi connectivity index (χ1) is 7.69. The van der Waals surface area contributed by atoms with Crippen LogP contribution in [0.4, 0.5) is 0 Å². The Kier molecular flexibility index (Phi) is 4.00. The number of methoxy groups -OCH3 is 1. The van der Waals surface area contributed by atoms with Crippen molar-refractivity contribution in [2.45, 2.75) is 18.9 Å². The monoisotopic (exact) mass is 225 g/mol. The van der Waals surface area contributed by atoms with E-state index in [9.17, 15) is 5.11 Å². The summed E-state index contributed by atoms with van der Waals surface area (Å²) in [6.07, 6.45) is 7.11. The van der Waals surface area contributed by atoms with Crippen molar-refractivity contribution in [1.29, 1.82) is 0 Å². The normalized spacial score (nSPS) is 33.9. The lowest BCUT2D eigenvalue weighted by atomic mass is 9.93. The Labute approximate surface area is 98.1 Å². The summed E-state index contributed by atoms with van der Waals surface area (Å²) >= 11 is 0. The van der Waals surface area contributed by atoms with Gasteiger partial charge in [0.1, 0.15) is 0 Å². The lowest BCUT2D eigenvalue weighted by Gasteiger charge is -2.26. The second kappa shape index (κ2) is 5.30. The summed E-state index contributed by atoms with van der Waals surface area (Å²) in [4.78, 5) is 2.24. The summed E-state index contributed by atoms with van der Waals surface area (Å²) < 4.78 is 4.94. The van der Waals surface area contributed by atoms with Crippen LogP contribution in [0.25, 0.3) is 0 Å². The van der Waals surface area contributed by atoms with E-state index in [-0.39, 0.29) is 6.10 Å². The third-order valence-electron chi connectivity index (χ3n) is 3.84. The zero-order chi connectivity index (χ0) is 11.5. The van der Waals surface area contributed by atoms with Crippen molar-refractivity contribution in [2.75, 3.05) is 33.9 Å². The topological polar surface area (TPSA) is 32.7 Å². The first kappa shape index (κ1) is 12.1. The van der Waals surface area contributed by atoms with Crippen LogP contribution in [0.3, 0.4) is 0 Å². The van der Waals surface area contributed by atoms with E-state index in [1.807, 2.05) is 0 Å². The fourth-order valence-corrected chi connectivity index (χ4v) is 3.18. The van der Waals surface area contributed by atoms with Crippen LogP contribution in [0.5, 0.6) is 0 Å². The van der Waals surface area contributed by atoms with Gasteiger partial charge in [0.2, 0.25) is 0 Å². The largest absolute Gasteiger partial charge is 0.389 e. The lowest BCUT2D eigenvalue weighted by Crippen LogP contribution is -2.36. The zero-order valence-electron chi connectivity index (χ0n) is 10.3. The van der Waals surface area contributed by atoms with Crippen molar-refractivity contribution in [3.05, 3.63) is 12.2 Å². The lowest BCUT2D eigenvalue weighted by molar-refractivity contribution is 0.0395. The number of aliphatic hydroxyl groups excluding tert-OH is 1. The molecule has 1 N–H and O–H groups in total. The molecule has 0 radical (unpaired) electrons. The Bertz CT molecular complexity index is 254. The summed E-state index contributed by atoms with van der Waals surface area (Å²) in [6, 6.07) is 0. The van der Waals surface area contributed by atoms with Gasteiger partial charge in [-0.05, 0) is 37.6 Å². The van der Waals surface area contributed by atoms with E-state index >= 15 is 0 Å². The van der Waals surface area contributed by atoms with E-state index in [0.717, 1.165) is 24.3 Å². The molecule has 0 heterocycles. The number of hydrogen-bond donors (Lipinski definition) is 1. The van der Waals surface area contributed by atoms with Crippen molar-refractivity contribution < 1.29 is 9.84 Å². The standard InChI is InChI=1S/C13H23NO2/c1-14(8-13(15)9-16-2)7-12-6-10-3-4-11(12)5-10/h3-4,10-13,15H,5-9H2,1-2H3. The molecule has 0 aliphatic heterocycles. The molecule has 2 aliphatic carbocycles. The van der Waals surface area contributed by atoms with Crippen LogP contribution >= 0.6 is 0 Å². The number of allylic oxidation sites excluding steroid dienone is 2. The van der Waals surface area contributed by atoms with Gasteiger partial charge in [0, 0.05) is 20.2 Å². The van der Waals surface area contributed by atoms with E-state index in [1.165, 1.54) is 12.8 Å². The summed E-state index contributed by atoms with van der Waals surface area (Å²) in [6.45, 7) is 2.25. The molecular formula is C13H23NO2. The van der Waals surface area contributed by atoms with Crippen molar-refractivity contribution in [3.8, 4) is 0 Å². The Balaban J connectivity index is 1.71.